The van der Waals surface area contributed by atoms with E-state index in [4.69, 9.17) is 4.74 Å². The highest BCUT2D eigenvalue weighted by molar-refractivity contribution is 9.10. The monoisotopic (exact) mass is 315 g/mol. The summed E-state index contributed by atoms with van der Waals surface area (Å²) >= 11 is 3.12. The minimum absolute atomic E-state index is 0.286. The first-order chi connectivity index (χ1) is 8.75. The number of hydrogen-bond donors (Lipinski definition) is 1. The number of nitrogens with one attached hydrogen (secondary N) is 1. The van der Waals surface area contributed by atoms with Gasteiger partial charge in [0.15, 0.2) is 0 Å². The minimum atomic E-state index is -0.286. The fraction of sp³-hybridized carbons (Fsp3) is 0.571. The van der Waals surface area contributed by atoms with Crippen LogP contribution in [0.25, 0.3) is 0 Å². The molecular formula is C14H19BrFNO. The van der Waals surface area contributed by atoms with Crippen molar-refractivity contribution in [2.45, 2.75) is 25.7 Å². The minimum Gasteiger partial charge on any atom is -0.492 e. The van der Waals surface area contributed by atoms with Crippen molar-refractivity contribution in [3.05, 3.63) is 28.5 Å². The van der Waals surface area contributed by atoms with Gasteiger partial charge in [0.05, 0.1) is 4.47 Å². The fourth-order valence-electron chi connectivity index (χ4n) is 2.33. The molecule has 100 valence electrons. The molecule has 1 aromatic rings. The van der Waals surface area contributed by atoms with Gasteiger partial charge in [-0.25, -0.2) is 4.39 Å². The van der Waals surface area contributed by atoms with Crippen molar-refractivity contribution in [2.75, 3.05) is 19.7 Å². The highest BCUT2D eigenvalue weighted by Crippen LogP contribution is 2.23. The standard InChI is InChI=1S/C14H19BrFNO/c15-13-6-5-12(9-14(13)16)18-8-7-17-10-11-3-1-2-4-11/h5-6,9,11,17H,1-4,7-8,10H2. The summed E-state index contributed by atoms with van der Waals surface area (Å²) in [4.78, 5) is 0. The molecule has 0 bridgehead atoms. The van der Waals surface area contributed by atoms with Crippen LogP contribution >= 0.6 is 15.9 Å². The lowest BCUT2D eigenvalue weighted by Gasteiger charge is -2.11. The van der Waals surface area contributed by atoms with E-state index in [1.165, 1.54) is 31.7 Å². The third-order valence-corrected chi connectivity index (χ3v) is 3.99. The first-order valence-corrected chi connectivity index (χ1v) is 7.33. The molecule has 0 aromatic heterocycles. The van der Waals surface area contributed by atoms with Crippen molar-refractivity contribution in [3.8, 4) is 5.75 Å². The van der Waals surface area contributed by atoms with Crippen LogP contribution in [0.3, 0.4) is 0 Å². The van der Waals surface area contributed by atoms with E-state index < -0.39 is 0 Å². The number of halogens is 2. The zero-order chi connectivity index (χ0) is 12.8. The first kappa shape index (κ1) is 13.8. The van der Waals surface area contributed by atoms with Crippen molar-refractivity contribution in [1.29, 1.82) is 0 Å². The molecule has 0 atom stereocenters. The number of benzene rings is 1. The summed E-state index contributed by atoms with van der Waals surface area (Å²) in [7, 11) is 0. The van der Waals surface area contributed by atoms with Crippen LogP contribution in [-0.4, -0.2) is 19.7 Å². The van der Waals surface area contributed by atoms with Gasteiger partial charge in [0, 0.05) is 12.6 Å². The molecule has 0 aliphatic heterocycles. The van der Waals surface area contributed by atoms with E-state index in [9.17, 15) is 4.39 Å². The second-order valence-electron chi connectivity index (χ2n) is 4.78. The fourth-order valence-corrected chi connectivity index (χ4v) is 2.57. The molecule has 2 rings (SSSR count). The average molecular weight is 316 g/mol. The van der Waals surface area contributed by atoms with E-state index in [0.717, 1.165) is 19.0 Å². The molecule has 18 heavy (non-hydrogen) atoms. The van der Waals surface area contributed by atoms with Crippen LogP contribution in [0.2, 0.25) is 0 Å². The number of ether oxygens (including phenoxy) is 1. The molecule has 0 spiro atoms. The van der Waals surface area contributed by atoms with Gasteiger partial charge in [0.25, 0.3) is 0 Å². The van der Waals surface area contributed by atoms with Gasteiger partial charge < -0.3 is 10.1 Å². The lowest BCUT2D eigenvalue weighted by molar-refractivity contribution is 0.307. The van der Waals surface area contributed by atoms with Crippen molar-refractivity contribution in [1.82, 2.24) is 5.32 Å². The SMILES string of the molecule is Fc1cc(OCCNCC2CCCC2)ccc1Br. The summed E-state index contributed by atoms with van der Waals surface area (Å²) in [5.74, 6) is 1.14. The first-order valence-electron chi connectivity index (χ1n) is 6.54. The Morgan fingerprint density at radius 1 is 1.33 bits per heavy atom. The maximum absolute atomic E-state index is 13.2. The van der Waals surface area contributed by atoms with E-state index in [0.29, 0.717) is 16.8 Å². The molecular weight excluding hydrogens is 297 g/mol. The largest absolute Gasteiger partial charge is 0.492 e. The molecule has 0 amide bonds. The predicted octanol–water partition coefficient (Wildman–Crippen LogP) is 3.75. The second-order valence-corrected chi connectivity index (χ2v) is 5.63. The molecule has 1 N–H and O–H groups in total. The smallest absolute Gasteiger partial charge is 0.141 e. The molecule has 0 unspecified atom stereocenters. The molecule has 0 radical (unpaired) electrons. The molecule has 1 aliphatic carbocycles. The maximum atomic E-state index is 13.2. The summed E-state index contributed by atoms with van der Waals surface area (Å²) in [6, 6.07) is 4.84. The van der Waals surface area contributed by atoms with E-state index in [1.807, 2.05) is 0 Å². The van der Waals surface area contributed by atoms with Crippen molar-refractivity contribution in [2.24, 2.45) is 5.92 Å². The van der Waals surface area contributed by atoms with Crippen LogP contribution < -0.4 is 10.1 Å². The molecule has 0 saturated heterocycles. The van der Waals surface area contributed by atoms with Crippen LogP contribution in [0.15, 0.2) is 22.7 Å². The molecule has 1 aliphatic rings. The average Bonchev–Trinajstić information content (AvgIpc) is 2.86. The van der Waals surface area contributed by atoms with Crippen molar-refractivity contribution >= 4 is 15.9 Å². The molecule has 1 fully saturated rings. The van der Waals surface area contributed by atoms with Crippen LogP contribution in [-0.2, 0) is 0 Å². The Bertz CT molecular complexity index is 380. The van der Waals surface area contributed by atoms with E-state index in [2.05, 4.69) is 21.2 Å². The van der Waals surface area contributed by atoms with Crippen LogP contribution in [0.5, 0.6) is 5.75 Å². The topological polar surface area (TPSA) is 21.3 Å². The summed E-state index contributed by atoms with van der Waals surface area (Å²) in [5.41, 5.74) is 0. The predicted molar refractivity (Wildman–Crippen MR) is 74.4 cm³/mol. The van der Waals surface area contributed by atoms with Gasteiger partial charge >= 0.3 is 0 Å². The molecule has 2 nitrogen and oxygen atoms in total. The van der Waals surface area contributed by atoms with Gasteiger partial charge in [-0.15, -0.1) is 0 Å². The normalized spacial score (nSPS) is 16.1. The Morgan fingerprint density at radius 2 is 2.11 bits per heavy atom. The molecule has 1 aromatic carbocycles. The summed E-state index contributed by atoms with van der Waals surface area (Å²) in [6.07, 6.45) is 5.46. The third kappa shape index (κ3) is 4.25. The van der Waals surface area contributed by atoms with Gasteiger partial charge in [-0.05, 0) is 53.4 Å². The lowest BCUT2D eigenvalue weighted by atomic mass is 10.1. The second kappa shape index (κ2) is 7.10. The molecule has 1 saturated carbocycles. The lowest BCUT2D eigenvalue weighted by Crippen LogP contribution is -2.26. The summed E-state index contributed by atoms with van der Waals surface area (Å²) in [5, 5.41) is 3.40. The van der Waals surface area contributed by atoms with Gasteiger partial charge in [0.1, 0.15) is 18.2 Å². The Hall–Kier alpha value is -0.610. The maximum Gasteiger partial charge on any atom is 0.141 e. The molecule has 4 heteroatoms. The zero-order valence-corrected chi connectivity index (χ0v) is 12.0. The highest BCUT2D eigenvalue weighted by Gasteiger charge is 2.13. The third-order valence-electron chi connectivity index (χ3n) is 3.35. The van der Waals surface area contributed by atoms with Gasteiger partial charge in [-0.3, -0.25) is 0 Å². The Balaban J connectivity index is 1.61. The van der Waals surface area contributed by atoms with Crippen molar-refractivity contribution in [3.63, 3.8) is 0 Å². The van der Waals surface area contributed by atoms with Crippen LogP contribution in [0.4, 0.5) is 4.39 Å². The Labute approximate surface area is 116 Å². The van der Waals surface area contributed by atoms with Gasteiger partial charge in [0.2, 0.25) is 0 Å². The number of rotatable bonds is 6. The Morgan fingerprint density at radius 3 is 2.83 bits per heavy atom. The van der Waals surface area contributed by atoms with E-state index in [-0.39, 0.29) is 5.82 Å². The van der Waals surface area contributed by atoms with E-state index >= 15 is 0 Å². The highest BCUT2D eigenvalue weighted by atomic mass is 79.9. The van der Waals surface area contributed by atoms with Crippen molar-refractivity contribution < 1.29 is 9.13 Å². The van der Waals surface area contributed by atoms with Gasteiger partial charge in [-0.1, -0.05) is 12.8 Å². The Kier molecular flexibility index (Phi) is 5.45. The van der Waals surface area contributed by atoms with E-state index in [1.54, 1.807) is 12.1 Å². The van der Waals surface area contributed by atoms with Gasteiger partial charge in [-0.2, -0.15) is 0 Å². The molecule has 0 heterocycles. The zero-order valence-electron chi connectivity index (χ0n) is 10.4. The quantitative estimate of drug-likeness (QED) is 0.807. The summed E-state index contributed by atoms with van der Waals surface area (Å²) in [6.45, 7) is 2.47. The summed E-state index contributed by atoms with van der Waals surface area (Å²) < 4.78 is 19.2. The van der Waals surface area contributed by atoms with Crippen LogP contribution in [0.1, 0.15) is 25.7 Å². The van der Waals surface area contributed by atoms with Crippen LogP contribution in [0, 0.1) is 11.7 Å². The number of hydrogen-bond acceptors (Lipinski definition) is 2.